The fourth-order valence-electron chi connectivity index (χ4n) is 1.98. The first-order valence-electron chi connectivity index (χ1n) is 6.78. The first kappa shape index (κ1) is 16.3. The largest absolute Gasteiger partial charge is 0.369 e. The molecule has 0 fully saturated rings. The lowest BCUT2D eigenvalue weighted by Gasteiger charge is -2.19. The zero-order chi connectivity index (χ0) is 15.0. The van der Waals surface area contributed by atoms with E-state index in [0.29, 0.717) is 12.1 Å². The molecule has 0 spiro atoms. The second kappa shape index (κ2) is 8.43. The average molecular weight is 280 g/mol. The summed E-state index contributed by atoms with van der Waals surface area (Å²) in [6, 6.07) is 6.21. The van der Waals surface area contributed by atoms with Gasteiger partial charge in [-0.15, -0.1) is 0 Å². The van der Waals surface area contributed by atoms with Crippen LogP contribution in [0.25, 0.3) is 0 Å². The molecule has 0 unspecified atom stereocenters. The topological polar surface area (TPSA) is 63.4 Å². The normalized spacial score (nSPS) is 10.8. The SMILES string of the molecule is CCCCN(CC(N)=O)CC(=O)Cc1ccccc1F. The third kappa shape index (κ3) is 5.93. The zero-order valence-corrected chi connectivity index (χ0v) is 11.8. The fraction of sp³-hybridized carbons (Fsp3) is 0.467. The molecule has 1 aromatic rings. The summed E-state index contributed by atoms with van der Waals surface area (Å²) >= 11 is 0. The van der Waals surface area contributed by atoms with Gasteiger partial charge in [-0.2, -0.15) is 0 Å². The van der Waals surface area contributed by atoms with E-state index in [4.69, 9.17) is 5.73 Å². The number of nitrogens with zero attached hydrogens (tertiary/aromatic N) is 1. The molecule has 1 aromatic carbocycles. The number of nitrogens with two attached hydrogens (primary N) is 1. The van der Waals surface area contributed by atoms with Gasteiger partial charge in [0, 0.05) is 6.42 Å². The number of carbonyl (C=O) groups is 2. The van der Waals surface area contributed by atoms with Crippen LogP contribution in [-0.4, -0.2) is 36.2 Å². The lowest BCUT2D eigenvalue weighted by molar-refractivity contribution is -0.122. The molecule has 0 saturated heterocycles. The fourth-order valence-corrected chi connectivity index (χ4v) is 1.98. The highest BCUT2D eigenvalue weighted by molar-refractivity contribution is 5.83. The Morgan fingerprint density at radius 2 is 1.95 bits per heavy atom. The van der Waals surface area contributed by atoms with Crippen LogP contribution < -0.4 is 5.73 Å². The first-order valence-corrected chi connectivity index (χ1v) is 6.78. The minimum absolute atomic E-state index is 0.0358. The molecular weight excluding hydrogens is 259 g/mol. The Kier molecular flexibility index (Phi) is 6.87. The minimum Gasteiger partial charge on any atom is -0.369 e. The molecule has 1 rings (SSSR count). The number of hydrogen-bond donors (Lipinski definition) is 1. The van der Waals surface area contributed by atoms with Crippen LogP contribution in [-0.2, 0) is 16.0 Å². The van der Waals surface area contributed by atoms with Gasteiger partial charge in [-0.3, -0.25) is 14.5 Å². The number of rotatable bonds is 9. The summed E-state index contributed by atoms with van der Waals surface area (Å²) in [4.78, 5) is 24.7. The van der Waals surface area contributed by atoms with Crippen molar-refractivity contribution in [3.63, 3.8) is 0 Å². The standard InChI is InChI=1S/C15H21FN2O2/c1-2-3-8-18(11-15(17)20)10-13(19)9-12-6-4-5-7-14(12)16/h4-7H,2-3,8-11H2,1H3,(H2,17,20). The van der Waals surface area contributed by atoms with Gasteiger partial charge in [-0.05, 0) is 24.6 Å². The molecule has 0 heterocycles. The number of carbonyl (C=O) groups excluding carboxylic acids is 2. The Morgan fingerprint density at radius 3 is 2.55 bits per heavy atom. The maximum atomic E-state index is 13.5. The highest BCUT2D eigenvalue weighted by Crippen LogP contribution is 2.08. The van der Waals surface area contributed by atoms with Crippen LogP contribution in [0.15, 0.2) is 24.3 Å². The van der Waals surface area contributed by atoms with E-state index in [-0.39, 0.29) is 31.1 Å². The smallest absolute Gasteiger partial charge is 0.231 e. The van der Waals surface area contributed by atoms with Crippen LogP contribution in [0.1, 0.15) is 25.3 Å². The molecule has 4 nitrogen and oxygen atoms in total. The Morgan fingerprint density at radius 1 is 1.25 bits per heavy atom. The van der Waals surface area contributed by atoms with Crippen molar-refractivity contribution in [2.45, 2.75) is 26.2 Å². The quantitative estimate of drug-likeness (QED) is 0.746. The van der Waals surface area contributed by atoms with E-state index >= 15 is 0 Å². The summed E-state index contributed by atoms with van der Waals surface area (Å²) in [5, 5.41) is 0. The van der Waals surface area contributed by atoms with Crippen molar-refractivity contribution in [1.82, 2.24) is 4.90 Å². The van der Waals surface area contributed by atoms with Gasteiger partial charge < -0.3 is 5.73 Å². The highest BCUT2D eigenvalue weighted by Gasteiger charge is 2.14. The lowest BCUT2D eigenvalue weighted by Crippen LogP contribution is -2.38. The number of hydrogen-bond acceptors (Lipinski definition) is 3. The van der Waals surface area contributed by atoms with Crippen LogP contribution in [0.3, 0.4) is 0 Å². The molecule has 110 valence electrons. The number of amides is 1. The number of Topliss-reactive ketones (excluding diaryl/α,β-unsaturated/α-hetero) is 1. The molecule has 0 aliphatic carbocycles. The van der Waals surface area contributed by atoms with Crippen molar-refractivity contribution in [3.8, 4) is 0 Å². The Bertz CT molecular complexity index is 463. The third-order valence-electron chi connectivity index (χ3n) is 2.95. The Labute approximate surface area is 118 Å². The van der Waals surface area contributed by atoms with E-state index < -0.39 is 5.91 Å². The van der Waals surface area contributed by atoms with Crippen molar-refractivity contribution in [2.75, 3.05) is 19.6 Å². The van der Waals surface area contributed by atoms with Gasteiger partial charge in [0.05, 0.1) is 13.1 Å². The minimum atomic E-state index is -0.459. The van der Waals surface area contributed by atoms with Gasteiger partial charge in [0.15, 0.2) is 5.78 Å². The number of benzene rings is 1. The molecule has 0 aliphatic heterocycles. The molecule has 20 heavy (non-hydrogen) atoms. The molecule has 1 amide bonds. The molecule has 0 bridgehead atoms. The number of ketones is 1. The van der Waals surface area contributed by atoms with Gasteiger partial charge in [-0.1, -0.05) is 31.5 Å². The summed E-state index contributed by atoms with van der Waals surface area (Å²) in [6.07, 6.45) is 1.89. The van der Waals surface area contributed by atoms with Gasteiger partial charge in [0.2, 0.25) is 5.91 Å². The Balaban J connectivity index is 2.56. The van der Waals surface area contributed by atoms with Crippen LogP contribution in [0.5, 0.6) is 0 Å². The maximum Gasteiger partial charge on any atom is 0.231 e. The predicted molar refractivity (Wildman–Crippen MR) is 75.7 cm³/mol. The summed E-state index contributed by atoms with van der Waals surface area (Å²) in [5.74, 6) is -0.955. The molecule has 2 N–H and O–H groups in total. The van der Waals surface area contributed by atoms with Gasteiger partial charge in [0.25, 0.3) is 0 Å². The van der Waals surface area contributed by atoms with E-state index in [9.17, 15) is 14.0 Å². The molecule has 0 saturated carbocycles. The predicted octanol–water partition coefficient (Wildman–Crippen LogP) is 1.52. The number of primary amides is 1. The van der Waals surface area contributed by atoms with Gasteiger partial charge in [0.1, 0.15) is 5.82 Å². The van der Waals surface area contributed by atoms with E-state index in [0.717, 1.165) is 12.8 Å². The van der Waals surface area contributed by atoms with Gasteiger partial charge in [-0.25, -0.2) is 4.39 Å². The molecular formula is C15H21FN2O2. The molecule has 0 aromatic heterocycles. The van der Waals surface area contributed by atoms with E-state index in [1.165, 1.54) is 6.07 Å². The van der Waals surface area contributed by atoms with Gasteiger partial charge >= 0.3 is 0 Å². The second-order valence-electron chi connectivity index (χ2n) is 4.84. The molecule has 0 radical (unpaired) electrons. The summed E-state index contributed by atoms with van der Waals surface area (Å²) in [7, 11) is 0. The van der Waals surface area contributed by atoms with Crippen molar-refractivity contribution in [2.24, 2.45) is 5.73 Å². The lowest BCUT2D eigenvalue weighted by atomic mass is 10.1. The summed E-state index contributed by atoms with van der Waals surface area (Å²) in [6.45, 7) is 2.85. The van der Waals surface area contributed by atoms with E-state index in [1.807, 2.05) is 6.92 Å². The highest BCUT2D eigenvalue weighted by atomic mass is 19.1. The number of unbranched alkanes of at least 4 members (excludes halogenated alkanes) is 1. The van der Waals surface area contributed by atoms with Crippen molar-refractivity contribution >= 4 is 11.7 Å². The van der Waals surface area contributed by atoms with Crippen molar-refractivity contribution in [3.05, 3.63) is 35.6 Å². The first-order chi connectivity index (χ1) is 9.52. The van der Waals surface area contributed by atoms with E-state index in [2.05, 4.69) is 0 Å². The average Bonchev–Trinajstić information content (AvgIpc) is 2.38. The van der Waals surface area contributed by atoms with Crippen molar-refractivity contribution in [1.29, 1.82) is 0 Å². The Hall–Kier alpha value is -1.75. The van der Waals surface area contributed by atoms with Crippen LogP contribution in [0.4, 0.5) is 4.39 Å². The number of halogens is 1. The zero-order valence-electron chi connectivity index (χ0n) is 11.8. The monoisotopic (exact) mass is 280 g/mol. The van der Waals surface area contributed by atoms with E-state index in [1.54, 1.807) is 23.1 Å². The maximum absolute atomic E-state index is 13.5. The second-order valence-corrected chi connectivity index (χ2v) is 4.84. The molecule has 0 aliphatic rings. The van der Waals surface area contributed by atoms with Crippen molar-refractivity contribution < 1.29 is 14.0 Å². The molecule has 0 atom stereocenters. The third-order valence-corrected chi connectivity index (χ3v) is 2.95. The summed E-state index contributed by atoms with van der Waals surface area (Å²) < 4.78 is 13.5. The molecule has 5 heteroatoms. The van der Waals surface area contributed by atoms with Crippen LogP contribution in [0, 0.1) is 5.82 Å². The van der Waals surface area contributed by atoms with Crippen LogP contribution in [0.2, 0.25) is 0 Å². The van der Waals surface area contributed by atoms with Crippen LogP contribution >= 0.6 is 0 Å². The summed E-state index contributed by atoms with van der Waals surface area (Å²) in [5.41, 5.74) is 5.55.